The summed E-state index contributed by atoms with van der Waals surface area (Å²) < 4.78 is 2.65. The Labute approximate surface area is 193 Å². The lowest BCUT2D eigenvalue weighted by Gasteiger charge is -2.33. The minimum atomic E-state index is 0.542. The molecule has 1 atom stereocenters. The number of fused-ring (bicyclic) bond motifs is 1. The summed E-state index contributed by atoms with van der Waals surface area (Å²) in [5, 5.41) is 0. The van der Waals surface area contributed by atoms with Crippen LogP contribution in [-0.4, -0.2) is 34.0 Å². The Morgan fingerprint density at radius 2 is 1.38 bits per heavy atom. The monoisotopic (exact) mass is 427 g/mol. The summed E-state index contributed by atoms with van der Waals surface area (Å²) in [4.78, 5) is 5.36. The Balaban J connectivity index is 1.49. The summed E-state index contributed by atoms with van der Waals surface area (Å²) in [6.07, 6.45) is 4.09. The molecule has 1 saturated heterocycles. The molecule has 1 fully saturated rings. The molecule has 0 amide bonds. The Kier molecular flexibility index (Phi) is 6.47. The molecule has 2 aliphatic rings. The lowest BCUT2D eigenvalue weighted by atomic mass is 9.94. The highest BCUT2D eigenvalue weighted by atomic mass is 15.2. The van der Waals surface area contributed by atoms with Gasteiger partial charge in [0.15, 0.2) is 0 Å². The third kappa shape index (κ3) is 4.55. The number of hydrogen-bond acceptors (Lipinski definition) is 2. The molecule has 3 aromatic rings. The smallest absolute Gasteiger partial charge is 0.0475 e. The molecular weight excluding hydrogens is 390 g/mol. The first-order valence-electron chi connectivity index (χ1n) is 12.4. The highest BCUT2D eigenvalue weighted by Gasteiger charge is 2.31. The van der Waals surface area contributed by atoms with E-state index in [1.807, 2.05) is 0 Å². The van der Waals surface area contributed by atoms with Crippen LogP contribution in [0.15, 0.2) is 60.7 Å². The molecule has 5 rings (SSSR count). The molecule has 0 radical (unpaired) electrons. The van der Waals surface area contributed by atoms with Gasteiger partial charge in [-0.25, -0.2) is 0 Å². The van der Waals surface area contributed by atoms with Gasteiger partial charge in [0.1, 0.15) is 0 Å². The molecule has 168 valence electrons. The number of nitrogens with zero attached hydrogens (tertiary/aromatic N) is 3. The van der Waals surface area contributed by atoms with Crippen LogP contribution in [0.3, 0.4) is 0 Å². The lowest BCUT2D eigenvalue weighted by Crippen LogP contribution is -2.34. The molecular formula is C29H37N3. The molecule has 2 aromatic carbocycles. The number of aromatic nitrogens is 1. The molecule has 1 aromatic heterocycles. The van der Waals surface area contributed by atoms with E-state index >= 15 is 0 Å². The van der Waals surface area contributed by atoms with Crippen molar-refractivity contribution in [3.8, 4) is 0 Å². The predicted octanol–water partition coefficient (Wildman–Crippen LogP) is 5.95. The topological polar surface area (TPSA) is 11.4 Å². The predicted molar refractivity (Wildman–Crippen MR) is 133 cm³/mol. The highest BCUT2D eigenvalue weighted by molar-refractivity contribution is 5.42. The Morgan fingerprint density at radius 3 is 2.03 bits per heavy atom. The molecule has 0 N–H and O–H groups in total. The Bertz CT molecular complexity index is 1020. The minimum absolute atomic E-state index is 0.542. The zero-order chi connectivity index (χ0) is 21.9. The molecule has 0 spiro atoms. The molecule has 0 bridgehead atoms. The van der Waals surface area contributed by atoms with Crippen LogP contribution in [0.1, 0.15) is 65.7 Å². The van der Waals surface area contributed by atoms with E-state index in [1.54, 1.807) is 16.8 Å². The largest absolute Gasteiger partial charge is 0.344 e. The van der Waals surface area contributed by atoms with Crippen LogP contribution < -0.4 is 0 Å². The van der Waals surface area contributed by atoms with Crippen LogP contribution in [-0.2, 0) is 26.2 Å². The van der Waals surface area contributed by atoms with Crippen LogP contribution in [0.25, 0.3) is 0 Å². The van der Waals surface area contributed by atoms with Crippen LogP contribution in [0.5, 0.6) is 0 Å². The molecule has 0 saturated carbocycles. The summed E-state index contributed by atoms with van der Waals surface area (Å²) >= 11 is 0. The van der Waals surface area contributed by atoms with Gasteiger partial charge >= 0.3 is 0 Å². The first-order valence-corrected chi connectivity index (χ1v) is 12.4. The van der Waals surface area contributed by atoms with Crippen molar-refractivity contribution in [2.45, 2.75) is 65.2 Å². The van der Waals surface area contributed by atoms with E-state index in [2.05, 4.69) is 88.9 Å². The summed E-state index contributed by atoms with van der Waals surface area (Å²) in [5.74, 6) is 0.542. The van der Waals surface area contributed by atoms with Gasteiger partial charge in [-0.3, -0.25) is 9.80 Å². The van der Waals surface area contributed by atoms with Gasteiger partial charge in [-0.1, -0.05) is 74.0 Å². The quantitative estimate of drug-likeness (QED) is 0.482. The second-order valence-electron chi connectivity index (χ2n) is 9.89. The van der Waals surface area contributed by atoms with Crippen LogP contribution in [0, 0.1) is 6.92 Å². The molecule has 3 heteroatoms. The first-order chi connectivity index (χ1) is 15.7. The second-order valence-corrected chi connectivity index (χ2v) is 9.89. The van der Waals surface area contributed by atoms with Crippen molar-refractivity contribution >= 4 is 0 Å². The van der Waals surface area contributed by atoms with Gasteiger partial charge in [0.05, 0.1) is 0 Å². The van der Waals surface area contributed by atoms with Crippen LogP contribution in [0.2, 0.25) is 0 Å². The van der Waals surface area contributed by atoms with E-state index in [1.165, 1.54) is 49.2 Å². The number of benzene rings is 2. The lowest BCUT2D eigenvalue weighted by molar-refractivity contribution is 0.209. The fourth-order valence-electron chi connectivity index (χ4n) is 5.86. The number of rotatable bonds is 6. The Morgan fingerprint density at radius 1 is 0.750 bits per heavy atom. The average Bonchev–Trinajstić information content (AvgIpc) is 3.07. The molecule has 1 unspecified atom stereocenters. The molecule has 32 heavy (non-hydrogen) atoms. The standard InChI is InChI=1S/C29H37N3/c1-23-18-31(19-25-12-6-3-7-13-25)22-28-27(21-30-16-10-5-11-17-30)24(2)32(29(23)28)20-26-14-8-4-9-15-26/h3-4,6-9,12-15,23H,5,10-11,16-22H2,1-2H3. The zero-order valence-electron chi connectivity index (χ0n) is 19.8. The van der Waals surface area contributed by atoms with Crippen molar-refractivity contribution in [3.05, 3.63) is 94.3 Å². The summed E-state index contributed by atoms with van der Waals surface area (Å²) in [5.41, 5.74) is 9.10. The second kappa shape index (κ2) is 9.64. The Hall–Kier alpha value is -2.36. The maximum atomic E-state index is 2.69. The van der Waals surface area contributed by atoms with Gasteiger partial charge in [-0.05, 0) is 55.1 Å². The van der Waals surface area contributed by atoms with E-state index in [-0.39, 0.29) is 0 Å². The maximum absolute atomic E-state index is 2.69. The van der Waals surface area contributed by atoms with Crippen molar-refractivity contribution in [3.63, 3.8) is 0 Å². The zero-order valence-corrected chi connectivity index (χ0v) is 19.8. The normalized spacial score (nSPS) is 19.8. The van der Waals surface area contributed by atoms with E-state index in [9.17, 15) is 0 Å². The SMILES string of the molecule is Cc1c(CN2CCCCC2)c2c(n1Cc1ccccc1)C(C)CN(Cc1ccccc1)C2. The third-order valence-corrected chi connectivity index (χ3v) is 7.45. The highest BCUT2D eigenvalue weighted by Crippen LogP contribution is 2.36. The van der Waals surface area contributed by atoms with Crippen molar-refractivity contribution in [1.29, 1.82) is 0 Å². The van der Waals surface area contributed by atoms with E-state index in [0.717, 1.165) is 32.7 Å². The number of piperidine rings is 1. The molecule has 3 nitrogen and oxygen atoms in total. The minimum Gasteiger partial charge on any atom is -0.344 e. The van der Waals surface area contributed by atoms with Crippen molar-refractivity contribution in [1.82, 2.24) is 14.4 Å². The van der Waals surface area contributed by atoms with Crippen LogP contribution in [0.4, 0.5) is 0 Å². The summed E-state index contributed by atoms with van der Waals surface area (Å²) in [6.45, 7) is 12.6. The van der Waals surface area contributed by atoms with E-state index < -0.39 is 0 Å². The van der Waals surface area contributed by atoms with E-state index in [0.29, 0.717) is 5.92 Å². The third-order valence-electron chi connectivity index (χ3n) is 7.45. The van der Waals surface area contributed by atoms with Gasteiger partial charge in [0.2, 0.25) is 0 Å². The van der Waals surface area contributed by atoms with Gasteiger partial charge < -0.3 is 4.57 Å². The summed E-state index contributed by atoms with van der Waals surface area (Å²) in [6, 6.07) is 22.0. The number of likely N-dealkylation sites (tertiary alicyclic amines) is 1. The fourth-order valence-corrected chi connectivity index (χ4v) is 5.86. The van der Waals surface area contributed by atoms with Gasteiger partial charge in [0, 0.05) is 50.0 Å². The van der Waals surface area contributed by atoms with Gasteiger partial charge in [0.25, 0.3) is 0 Å². The fraction of sp³-hybridized carbons (Fsp3) is 0.448. The molecule has 3 heterocycles. The van der Waals surface area contributed by atoms with Crippen molar-refractivity contribution in [2.24, 2.45) is 0 Å². The summed E-state index contributed by atoms with van der Waals surface area (Å²) in [7, 11) is 0. The number of hydrogen-bond donors (Lipinski definition) is 0. The van der Waals surface area contributed by atoms with Crippen molar-refractivity contribution < 1.29 is 0 Å². The average molecular weight is 428 g/mol. The molecule has 2 aliphatic heterocycles. The first kappa shape index (κ1) is 21.5. The van der Waals surface area contributed by atoms with Crippen molar-refractivity contribution in [2.75, 3.05) is 19.6 Å². The van der Waals surface area contributed by atoms with E-state index in [4.69, 9.17) is 0 Å². The molecule has 0 aliphatic carbocycles. The van der Waals surface area contributed by atoms with Gasteiger partial charge in [-0.2, -0.15) is 0 Å². The van der Waals surface area contributed by atoms with Crippen LogP contribution >= 0.6 is 0 Å². The maximum Gasteiger partial charge on any atom is 0.0475 e. The van der Waals surface area contributed by atoms with Gasteiger partial charge in [-0.15, -0.1) is 0 Å².